The van der Waals surface area contributed by atoms with Crippen molar-refractivity contribution in [3.63, 3.8) is 0 Å². The average molecular weight is 693 g/mol. The lowest BCUT2D eigenvalue weighted by atomic mass is 9.91. The van der Waals surface area contributed by atoms with Gasteiger partial charge in [0.1, 0.15) is 0 Å². The third-order valence-electron chi connectivity index (χ3n) is 10.1. The van der Waals surface area contributed by atoms with E-state index in [4.69, 9.17) is 20.4 Å². The molecule has 0 unspecified atom stereocenters. The molecule has 0 aliphatic carbocycles. The van der Waals surface area contributed by atoms with Crippen LogP contribution in [0.1, 0.15) is 5.56 Å². The van der Waals surface area contributed by atoms with Crippen LogP contribution in [0, 0.1) is 5.41 Å². The molecule has 0 saturated carbocycles. The van der Waals surface area contributed by atoms with Crippen molar-refractivity contribution in [2.75, 3.05) is 5.32 Å². The van der Waals surface area contributed by atoms with E-state index in [9.17, 15) is 0 Å². The van der Waals surface area contributed by atoms with Crippen molar-refractivity contribution in [2.45, 2.75) is 0 Å². The molecule has 54 heavy (non-hydrogen) atoms. The molecule has 0 aliphatic rings. The third kappa shape index (κ3) is 5.28. The second kappa shape index (κ2) is 13.0. The van der Waals surface area contributed by atoms with Gasteiger partial charge in [0.2, 0.25) is 5.95 Å². The molecular weight excluding hydrogens is 661 g/mol. The fraction of sp³-hybridized carbons (Fsp3) is 0. The second-order valence-corrected chi connectivity index (χ2v) is 13.3. The van der Waals surface area contributed by atoms with Crippen LogP contribution in [0.25, 0.3) is 83.2 Å². The van der Waals surface area contributed by atoms with Gasteiger partial charge in [-0.15, -0.1) is 0 Å². The topological polar surface area (TPSA) is 79.5 Å². The highest BCUT2D eigenvalue weighted by Crippen LogP contribution is 2.44. The molecule has 2 heterocycles. The van der Waals surface area contributed by atoms with Gasteiger partial charge < -0.3 is 10.7 Å². The van der Waals surface area contributed by atoms with Crippen molar-refractivity contribution in [3.8, 4) is 39.9 Å². The first-order valence-corrected chi connectivity index (χ1v) is 18.0. The molecule has 0 fully saturated rings. The molecule has 8 aromatic carbocycles. The van der Waals surface area contributed by atoms with Gasteiger partial charge in [-0.25, -0.2) is 4.98 Å². The molecule has 254 valence electrons. The minimum absolute atomic E-state index is 0.513. The molecule has 0 bridgehead atoms. The summed E-state index contributed by atoms with van der Waals surface area (Å²) in [4.78, 5) is 15.4. The van der Waals surface area contributed by atoms with E-state index in [1.165, 1.54) is 11.8 Å². The van der Waals surface area contributed by atoms with Crippen LogP contribution in [-0.4, -0.2) is 25.7 Å². The monoisotopic (exact) mass is 692 g/mol. The van der Waals surface area contributed by atoms with Crippen molar-refractivity contribution >= 4 is 60.9 Å². The number of benzene rings is 8. The Kier molecular flexibility index (Phi) is 7.51. The standard InChI is InChI=1S/C48H32N6/c49-30-35-28-40-43(29-41(35)50-36-22-11-4-12-23-36)54(48-52-46(32-17-7-2-8-18-32)51-47(53-48)33-19-9-3-10-20-33)42-26-25-38-39(31-15-5-1-6-16-31)27-34-21-13-14-24-37(34)44(38)45(40)42/h1-30,49-50H. The Bertz CT molecular complexity index is 2950. The van der Waals surface area contributed by atoms with E-state index in [-0.39, 0.29) is 0 Å². The summed E-state index contributed by atoms with van der Waals surface area (Å²) in [6.45, 7) is 0. The fourth-order valence-corrected chi connectivity index (χ4v) is 7.63. The summed E-state index contributed by atoms with van der Waals surface area (Å²) >= 11 is 0. The van der Waals surface area contributed by atoms with Crippen molar-refractivity contribution < 1.29 is 0 Å². The third-order valence-corrected chi connectivity index (χ3v) is 10.1. The van der Waals surface area contributed by atoms with Crippen LogP contribution in [-0.2, 0) is 0 Å². The van der Waals surface area contributed by atoms with E-state index in [1.54, 1.807) is 0 Å². The molecule has 0 amide bonds. The fourth-order valence-electron chi connectivity index (χ4n) is 7.63. The summed E-state index contributed by atoms with van der Waals surface area (Å²) in [7, 11) is 0. The molecule has 10 aromatic rings. The van der Waals surface area contributed by atoms with Crippen molar-refractivity contribution in [1.82, 2.24) is 19.5 Å². The van der Waals surface area contributed by atoms with E-state index in [0.29, 0.717) is 17.6 Å². The van der Waals surface area contributed by atoms with Crippen LogP contribution in [0.15, 0.2) is 176 Å². The van der Waals surface area contributed by atoms with Crippen LogP contribution in [0.4, 0.5) is 11.4 Å². The molecule has 0 radical (unpaired) electrons. The van der Waals surface area contributed by atoms with Crippen molar-refractivity contribution in [2.24, 2.45) is 0 Å². The largest absolute Gasteiger partial charge is 0.355 e. The second-order valence-electron chi connectivity index (χ2n) is 13.3. The van der Waals surface area contributed by atoms with E-state index >= 15 is 0 Å². The molecule has 0 spiro atoms. The summed E-state index contributed by atoms with van der Waals surface area (Å²) in [5, 5.41) is 18.9. The Balaban J connectivity index is 1.37. The summed E-state index contributed by atoms with van der Waals surface area (Å²) in [6, 6.07) is 60.4. The minimum Gasteiger partial charge on any atom is -0.355 e. The number of anilines is 2. The first-order valence-electron chi connectivity index (χ1n) is 18.0. The molecule has 0 atom stereocenters. The maximum Gasteiger partial charge on any atom is 0.238 e. The molecule has 2 N–H and O–H groups in total. The number of aromatic nitrogens is 4. The number of fused-ring (bicyclic) bond motifs is 7. The lowest BCUT2D eigenvalue weighted by Crippen LogP contribution is -2.06. The summed E-state index contributed by atoms with van der Waals surface area (Å²) in [5.74, 6) is 1.69. The summed E-state index contributed by atoms with van der Waals surface area (Å²) in [6.07, 6.45) is 1.43. The van der Waals surface area contributed by atoms with E-state index in [2.05, 4.69) is 94.8 Å². The zero-order chi connectivity index (χ0) is 36.0. The molecule has 0 saturated heterocycles. The molecular formula is C48H32N6. The quantitative estimate of drug-likeness (QED) is 0.129. The van der Waals surface area contributed by atoms with Gasteiger partial charge in [-0.05, 0) is 63.7 Å². The zero-order valence-corrected chi connectivity index (χ0v) is 29.1. The first-order chi connectivity index (χ1) is 26.7. The first kappa shape index (κ1) is 31.3. The predicted molar refractivity (Wildman–Crippen MR) is 223 cm³/mol. The maximum atomic E-state index is 8.59. The van der Waals surface area contributed by atoms with Gasteiger partial charge in [0.15, 0.2) is 11.6 Å². The number of hydrogen-bond acceptors (Lipinski definition) is 5. The minimum atomic E-state index is 0.513. The van der Waals surface area contributed by atoms with Crippen LogP contribution >= 0.6 is 0 Å². The lowest BCUT2D eigenvalue weighted by molar-refractivity contribution is 0.954. The number of hydrogen-bond donors (Lipinski definition) is 2. The van der Waals surface area contributed by atoms with Crippen LogP contribution in [0.5, 0.6) is 0 Å². The van der Waals surface area contributed by atoms with E-state index < -0.39 is 0 Å². The van der Waals surface area contributed by atoms with Crippen molar-refractivity contribution in [3.05, 3.63) is 181 Å². The highest BCUT2D eigenvalue weighted by molar-refractivity contribution is 6.31. The van der Waals surface area contributed by atoms with Gasteiger partial charge >= 0.3 is 0 Å². The Morgan fingerprint density at radius 2 is 1.07 bits per heavy atom. The molecule has 6 nitrogen and oxygen atoms in total. The van der Waals surface area contributed by atoms with Gasteiger partial charge in [-0.1, -0.05) is 140 Å². The van der Waals surface area contributed by atoms with Gasteiger partial charge in [0.25, 0.3) is 0 Å². The van der Waals surface area contributed by atoms with Gasteiger partial charge in [-0.2, -0.15) is 9.97 Å². The van der Waals surface area contributed by atoms with Crippen LogP contribution in [0.3, 0.4) is 0 Å². The summed E-state index contributed by atoms with van der Waals surface area (Å²) in [5.41, 5.74) is 8.53. The SMILES string of the molecule is N=Cc1cc2c3c4c(ccc3n(-c3nc(-c5ccccc5)nc(-c5ccccc5)n3)c2cc1Nc1ccccc1)c(-c1ccccc1)cc1ccccc14. The maximum absolute atomic E-state index is 8.59. The number of para-hydroxylation sites is 1. The van der Waals surface area contributed by atoms with Gasteiger partial charge in [-0.3, -0.25) is 4.57 Å². The Morgan fingerprint density at radius 1 is 0.481 bits per heavy atom. The molecule has 6 heteroatoms. The smallest absolute Gasteiger partial charge is 0.238 e. The average Bonchev–Trinajstić information content (AvgIpc) is 3.57. The highest BCUT2D eigenvalue weighted by Gasteiger charge is 2.23. The molecule has 0 aliphatic heterocycles. The number of nitrogens with zero attached hydrogens (tertiary/aromatic N) is 4. The predicted octanol–water partition coefficient (Wildman–Crippen LogP) is 12.0. The molecule has 10 rings (SSSR count). The van der Waals surface area contributed by atoms with Gasteiger partial charge in [0.05, 0.1) is 11.0 Å². The van der Waals surface area contributed by atoms with Crippen LogP contribution < -0.4 is 5.32 Å². The Labute approximate surface area is 311 Å². The van der Waals surface area contributed by atoms with E-state index in [1.807, 2.05) is 91.0 Å². The molecule has 2 aromatic heterocycles. The lowest BCUT2D eigenvalue weighted by Gasteiger charge is -2.14. The van der Waals surface area contributed by atoms with Gasteiger partial charge in [0, 0.05) is 50.4 Å². The highest BCUT2D eigenvalue weighted by atomic mass is 15.2. The summed E-state index contributed by atoms with van der Waals surface area (Å²) < 4.78 is 2.17. The normalized spacial score (nSPS) is 11.4. The van der Waals surface area contributed by atoms with Crippen LogP contribution in [0.2, 0.25) is 0 Å². The Morgan fingerprint density at radius 3 is 1.72 bits per heavy atom. The Hall–Kier alpha value is -7.44. The number of nitrogens with one attached hydrogen (secondary N) is 2. The zero-order valence-electron chi connectivity index (χ0n) is 29.1. The van der Waals surface area contributed by atoms with E-state index in [0.717, 1.165) is 77.0 Å². The van der Waals surface area contributed by atoms with Crippen molar-refractivity contribution in [1.29, 1.82) is 5.41 Å². The number of rotatable bonds is 7.